The maximum absolute atomic E-state index is 6.29. The maximum Gasteiger partial charge on any atom is 0.179 e. The number of benzene rings is 1. The molecule has 2 heterocycles. The van der Waals surface area contributed by atoms with Gasteiger partial charge in [-0.1, -0.05) is 29.8 Å². The summed E-state index contributed by atoms with van der Waals surface area (Å²) in [6, 6.07) is 9.99. The van der Waals surface area contributed by atoms with Crippen molar-refractivity contribution in [2.75, 3.05) is 0 Å². The van der Waals surface area contributed by atoms with E-state index >= 15 is 0 Å². The van der Waals surface area contributed by atoms with Gasteiger partial charge in [0.25, 0.3) is 0 Å². The molecule has 0 radical (unpaired) electrons. The summed E-state index contributed by atoms with van der Waals surface area (Å²) in [4.78, 5) is 0.954. The standard InChI is InChI=1S/C13H10ClN3S/c1-9-7-18-12(11(9)14)13-16-15-8-17(13)10-5-3-2-4-6-10/h2-8H,1H3. The summed E-state index contributed by atoms with van der Waals surface area (Å²) >= 11 is 7.88. The maximum atomic E-state index is 6.29. The third-order valence-electron chi connectivity index (χ3n) is 2.68. The van der Waals surface area contributed by atoms with E-state index in [1.165, 1.54) is 0 Å². The number of halogens is 1. The third kappa shape index (κ3) is 1.83. The van der Waals surface area contributed by atoms with Crippen molar-refractivity contribution in [1.82, 2.24) is 14.8 Å². The number of hydrogen-bond donors (Lipinski definition) is 0. The van der Waals surface area contributed by atoms with Gasteiger partial charge in [0.2, 0.25) is 0 Å². The van der Waals surface area contributed by atoms with Crippen LogP contribution in [0.15, 0.2) is 42.0 Å². The van der Waals surface area contributed by atoms with Crippen LogP contribution in [0.3, 0.4) is 0 Å². The SMILES string of the molecule is Cc1csc(-c2nncn2-c2ccccc2)c1Cl. The molecule has 0 aliphatic rings. The Labute approximate surface area is 114 Å². The molecule has 3 aromatic rings. The Hall–Kier alpha value is -1.65. The van der Waals surface area contributed by atoms with E-state index in [9.17, 15) is 0 Å². The first-order valence-electron chi connectivity index (χ1n) is 5.47. The molecule has 0 saturated heterocycles. The summed E-state index contributed by atoms with van der Waals surface area (Å²) in [6.07, 6.45) is 1.70. The van der Waals surface area contributed by atoms with Crippen LogP contribution in [-0.4, -0.2) is 14.8 Å². The lowest BCUT2D eigenvalue weighted by molar-refractivity contribution is 1.07. The fourth-order valence-electron chi connectivity index (χ4n) is 1.75. The Balaban J connectivity index is 2.16. The summed E-state index contributed by atoms with van der Waals surface area (Å²) in [6.45, 7) is 1.99. The molecule has 0 amide bonds. The van der Waals surface area contributed by atoms with Gasteiger partial charge in [-0.3, -0.25) is 4.57 Å². The van der Waals surface area contributed by atoms with Gasteiger partial charge in [-0.15, -0.1) is 21.5 Å². The van der Waals surface area contributed by atoms with Crippen molar-refractivity contribution in [3.05, 3.63) is 52.6 Å². The van der Waals surface area contributed by atoms with E-state index < -0.39 is 0 Å². The number of aryl methyl sites for hydroxylation is 1. The lowest BCUT2D eigenvalue weighted by Crippen LogP contribution is -1.94. The Bertz CT molecular complexity index is 673. The Kier molecular flexibility index (Phi) is 2.89. The van der Waals surface area contributed by atoms with Crippen molar-refractivity contribution in [3.8, 4) is 16.4 Å². The fraction of sp³-hybridized carbons (Fsp3) is 0.0769. The molecule has 18 heavy (non-hydrogen) atoms. The lowest BCUT2D eigenvalue weighted by atomic mass is 10.3. The molecule has 0 saturated carbocycles. The molecule has 0 fully saturated rings. The topological polar surface area (TPSA) is 30.7 Å². The van der Waals surface area contributed by atoms with Crippen LogP contribution in [0.5, 0.6) is 0 Å². The van der Waals surface area contributed by atoms with Gasteiger partial charge in [-0.25, -0.2) is 0 Å². The Morgan fingerprint density at radius 2 is 2.00 bits per heavy atom. The van der Waals surface area contributed by atoms with Crippen LogP contribution < -0.4 is 0 Å². The average molecular weight is 276 g/mol. The molecular weight excluding hydrogens is 266 g/mol. The van der Waals surface area contributed by atoms with E-state index in [1.54, 1.807) is 17.7 Å². The molecule has 5 heteroatoms. The van der Waals surface area contributed by atoms with E-state index in [0.29, 0.717) is 0 Å². The van der Waals surface area contributed by atoms with Gasteiger partial charge in [0.15, 0.2) is 5.82 Å². The summed E-state index contributed by atoms with van der Waals surface area (Å²) in [5, 5.41) is 10.9. The van der Waals surface area contributed by atoms with E-state index in [0.717, 1.165) is 27.0 Å². The molecule has 0 aliphatic carbocycles. The quantitative estimate of drug-likeness (QED) is 0.709. The highest BCUT2D eigenvalue weighted by Crippen LogP contribution is 2.35. The molecule has 0 unspecified atom stereocenters. The monoisotopic (exact) mass is 275 g/mol. The molecule has 0 atom stereocenters. The van der Waals surface area contributed by atoms with Crippen molar-refractivity contribution >= 4 is 22.9 Å². The van der Waals surface area contributed by atoms with Crippen LogP contribution in [-0.2, 0) is 0 Å². The van der Waals surface area contributed by atoms with Crippen LogP contribution in [0.2, 0.25) is 5.02 Å². The zero-order valence-electron chi connectivity index (χ0n) is 9.67. The van der Waals surface area contributed by atoms with Crippen molar-refractivity contribution in [2.24, 2.45) is 0 Å². The van der Waals surface area contributed by atoms with Gasteiger partial charge in [-0.05, 0) is 30.0 Å². The molecule has 1 aromatic carbocycles. The van der Waals surface area contributed by atoms with Crippen molar-refractivity contribution in [3.63, 3.8) is 0 Å². The Morgan fingerprint density at radius 1 is 1.22 bits per heavy atom. The van der Waals surface area contributed by atoms with Crippen LogP contribution in [0, 0.1) is 6.92 Å². The van der Waals surface area contributed by atoms with Gasteiger partial charge in [0.05, 0.1) is 9.90 Å². The smallest absolute Gasteiger partial charge is 0.179 e. The molecule has 0 spiro atoms. The summed E-state index contributed by atoms with van der Waals surface area (Å²) in [7, 11) is 0. The van der Waals surface area contributed by atoms with E-state index in [4.69, 9.17) is 11.6 Å². The highest BCUT2D eigenvalue weighted by Gasteiger charge is 2.15. The fourth-order valence-corrected chi connectivity index (χ4v) is 3.01. The van der Waals surface area contributed by atoms with Crippen LogP contribution in [0.4, 0.5) is 0 Å². The van der Waals surface area contributed by atoms with Crippen LogP contribution in [0.25, 0.3) is 16.4 Å². The van der Waals surface area contributed by atoms with Crippen molar-refractivity contribution in [1.29, 1.82) is 0 Å². The second kappa shape index (κ2) is 4.55. The minimum Gasteiger partial charge on any atom is -0.281 e. The molecule has 0 aliphatic heterocycles. The molecule has 3 rings (SSSR count). The van der Waals surface area contributed by atoms with Crippen LogP contribution >= 0.6 is 22.9 Å². The third-order valence-corrected chi connectivity index (χ3v) is 4.38. The van der Waals surface area contributed by atoms with E-state index in [2.05, 4.69) is 10.2 Å². The van der Waals surface area contributed by atoms with Crippen LogP contribution in [0.1, 0.15) is 5.56 Å². The Morgan fingerprint density at radius 3 is 2.67 bits per heavy atom. The number of hydrogen-bond acceptors (Lipinski definition) is 3. The normalized spacial score (nSPS) is 10.8. The largest absolute Gasteiger partial charge is 0.281 e. The van der Waals surface area contributed by atoms with Crippen molar-refractivity contribution in [2.45, 2.75) is 6.92 Å². The zero-order chi connectivity index (χ0) is 12.5. The highest BCUT2D eigenvalue weighted by atomic mass is 35.5. The molecule has 90 valence electrons. The molecule has 0 bridgehead atoms. The number of nitrogens with zero attached hydrogens (tertiary/aromatic N) is 3. The van der Waals surface area contributed by atoms with Gasteiger partial charge >= 0.3 is 0 Å². The van der Waals surface area contributed by atoms with Gasteiger partial charge < -0.3 is 0 Å². The lowest BCUT2D eigenvalue weighted by Gasteiger charge is -2.05. The number of para-hydroxylation sites is 1. The van der Waals surface area contributed by atoms with Crippen molar-refractivity contribution < 1.29 is 0 Å². The second-order valence-electron chi connectivity index (χ2n) is 3.92. The molecule has 3 nitrogen and oxygen atoms in total. The number of rotatable bonds is 2. The second-order valence-corrected chi connectivity index (χ2v) is 5.18. The molecule has 0 N–H and O–H groups in total. The minimum absolute atomic E-state index is 0.755. The van der Waals surface area contributed by atoms with Gasteiger partial charge in [0.1, 0.15) is 6.33 Å². The van der Waals surface area contributed by atoms with E-state index in [1.807, 2.05) is 47.2 Å². The van der Waals surface area contributed by atoms with E-state index in [-0.39, 0.29) is 0 Å². The highest BCUT2D eigenvalue weighted by molar-refractivity contribution is 7.14. The first-order valence-corrected chi connectivity index (χ1v) is 6.72. The molecular formula is C13H10ClN3S. The van der Waals surface area contributed by atoms with Gasteiger partial charge in [0, 0.05) is 5.69 Å². The molecule has 2 aromatic heterocycles. The predicted octanol–water partition coefficient (Wildman–Crippen LogP) is 3.96. The number of aromatic nitrogens is 3. The first kappa shape index (κ1) is 11.4. The summed E-state index contributed by atoms with van der Waals surface area (Å²) < 4.78 is 1.94. The average Bonchev–Trinajstić information content (AvgIpc) is 2.99. The first-order chi connectivity index (χ1) is 8.77. The number of thiophene rings is 1. The van der Waals surface area contributed by atoms with Gasteiger partial charge in [-0.2, -0.15) is 0 Å². The predicted molar refractivity (Wildman–Crippen MR) is 74.4 cm³/mol. The summed E-state index contributed by atoms with van der Waals surface area (Å²) in [5.74, 6) is 0.782. The summed E-state index contributed by atoms with van der Waals surface area (Å²) in [5.41, 5.74) is 2.10. The zero-order valence-corrected chi connectivity index (χ0v) is 11.2. The minimum atomic E-state index is 0.755.